The van der Waals surface area contributed by atoms with Crippen LogP contribution in [0.5, 0.6) is 0 Å². The molecule has 0 aliphatic rings. The Hall–Kier alpha value is -0.960. The van der Waals surface area contributed by atoms with Gasteiger partial charge in [0.1, 0.15) is 11.1 Å². The second-order valence-electron chi connectivity index (χ2n) is 3.15. The number of rotatable bonds is 2. The standard InChI is InChI=1S/C11H7BrN2S2/c1-7-5-16-11(14-7)9(4-13)2-8-3-10(12)15-6-8/h2-3,5-6H,1H3/b9-2+. The number of aromatic nitrogens is 1. The molecule has 5 heteroatoms. The Balaban J connectivity index is 2.37. The number of hydrogen-bond acceptors (Lipinski definition) is 4. The molecule has 0 fully saturated rings. The molecule has 0 radical (unpaired) electrons. The van der Waals surface area contributed by atoms with Crippen molar-refractivity contribution in [2.24, 2.45) is 0 Å². The highest BCUT2D eigenvalue weighted by atomic mass is 79.9. The second kappa shape index (κ2) is 4.91. The van der Waals surface area contributed by atoms with Crippen LogP contribution in [-0.4, -0.2) is 4.98 Å². The van der Waals surface area contributed by atoms with Gasteiger partial charge in [-0.05, 0) is 45.9 Å². The number of nitriles is 1. The number of halogens is 1. The van der Waals surface area contributed by atoms with Crippen molar-refractivity contribution in [1.82, 2.24) is 4.98 Å². The maximum Gasteiger partial charge on any atom is 0.134 e. The summed E-state index contributed by atoms with van der Waals surface area (Å²) in [4.78, 5) is 4.30. The van der Waals surface area contributed by atoms with E-state index in [4.69, 9.17) is 5.26 Å². The summed E-state index contributed by atoms with van der Waals surface area (Å²) in [6, 6.07) is 4.18. The number of thiophene rings is 1. The third kappa shape index (κ3) is 2.59. The van der Waals surface area contributed by atoms with Crippen LogP contribution in [0, 0.1) is 18.3 Å². The van der Waals surface area contributed by atoms with E-state index in [1.165, 1.54) is 11.3 Å². The van der Waals surface area contributed by atoms with E-state index < -0.39 is 0 Å². The molecule has 0 atom stereocenters. The SMILES string of the molecule is Cc1csc(/C(C#N)=C/c2csc(Br)c2)n1. The third-order valence-electron chi connectivity index (χ3n) is 1.87. The van der Waals surface area contributed by atoms with E-state index in [0.29, 0.717) is 5.57 Å². The number of thiazole rings is 1. The van der Waals surface area contributed by atoms with Crippen LogP contribution in [0.4, 0.5) is 0 Å². The Kier molecular flexibility index (Phi) is 3.54. The van der Waals surface area contributed by atoms with Crippen LogP contribution in [0.2, 0.25) is 0 Å². The normalized spacial score (nSPS) is 11.4. The first-order valence-corrected chi connectivity index (χ1v) is 7.02. The largest absolute Gasteiger partial charge is 0.241 e. The van der Waals surface area contributed by atoms with Crippen LogP contribution in [0.1, 0.15) is 16.3 Å². The predicted molar refractivity (Wildman–Crippen MR) is 72.4 cm³/mol. The molecule has 0 N–H and O–H groups in total. The zero-order valence-corrected chi connectivity index (χ0v) is 11.6. The maximum absolute atomic E-state index is 9.10. The smallest absolute Gasteiger partial charge is 0.134 e. The Labute approximate surface area is 110 Å². The molecule has 0 unspecified atom stereocenters. The summed E-state index contributed by atoms with van der Waals surface area (Å²) in [5, 5.41) is 13.8. The Bertz CT molecular complexity index is 575. The first-order chi connectivity index (χ1) is 7.69. The molecule has 2 nitrogen and oxygen atoms in total. The van der Waals surface area contributed by atoms with Gasteiger partial charge in [-0.3, -0.25) is 0 Å². The predicted octanol–water partition coefficient (Wildman–Crippen LogP) is 4.34. The minimum atomic E-state index is 0.614. The van der Waals surface area contributed by atoms with Gasteiger partial charge in [0.05, 0.1) is 9.36 Å². The van der Waals surface area contributed by atoms with E-state index in [-0.39, 0.29) is 0 Å². The lowest BCUT2D eigenvalue weighted by atomic mass is 10.2. The van der Waals surface area contributed by atoms with Crippen LogP contribution in [-0.2, 0) is 0 Å². The van der Waals surface area contributed by atoms with Crippen molar-refractivity contribution < 1.29 is 0 Å². The molecule has 2 rings (SSSR count). The van der Waals surface area contributed by atoms with E-state index in [9.17, 15) is 0 Å². The van der Waals surface area contributed by atoms with Gasteiger partial charge in [-0.25, -0.2) is 4.98 Å². The number of nitrogens with zero attached hydrogens (tertiary/aromatic N) is 2. The highest BCUT2D eigenvalue weighted by Crippen LogP contribution is 2.26. The minimum absolute atomic E-state index is 0.614. The summed E-state index contributed by atoms with van der Waals surface area (Å²) >= 11 is 6.50. The summed E-state index contributed by atoms with van der Waals surface area (Å²) < 4.78 is 1.06. The van der Waals surface area contributed by atoms with Crippen molar-refractivity contribution in [3.8, 4) is 6.07 Å². The van der Waals surface area contributed by atoms with Crippen molar-refractivity contribution in [3.05, 3.63) is 36.9 Å². The molecule has 80 valence electrons. The van der Waals surface area contributed by atoms with Gasteiger partial charge in [-0.1, -0.05) is 0 Å². The van der Waals surface area contributed by atoms with Crippen molar-refractivity contribution in [2.75, 3.05) is 0 Å². The van der Waals surface area contributed by atoms with Gasteiger partial charge in [0, 0.05) is 11.1 Å². The van der Waals surface area contributed by atoms with Crippen molar-refractivity contribution in [1.29, 1.82) is 5.26 Å². The number of aryl methyl sites for hydroxylation is 1. The fourth-order valence-corrected chi connectivity index (χ4v) is 3.08. The van der Waals surface area contributed by atoms with Crippen LogP contribution in [0.15, 0.2) is 20.6 Å². The van der Waals surface area contributed by atoms with Crippen molar-refractivity contribution in [3.63, 3.8) is 0 Å². The lowest BCUT2D eigenvalue weighted by molar-refractivity contribution is 1.25. The molecule has 0 aromatic carbocycles. The van der Waals surface area contributed by atoms with Crippen molar-refractivity contribution in [2.45, 2.75) is 6.92 Å². The van der Waals surface area contributed by atoms with E-state index in [1.54, 1.807) is 11.3 Å². The first kappa shape index (κ1) is 11.5. The van der Waals surface area contributed by atoms with E-state index >= 15 is 0 Å². The van der Waals surface area contributed by atoms with Gasteiger partial charge >= 0.3 is 0 Å². The molecule has 2 aromatic heterocycles. The summed E-state index contributed by atoms with van der Waals surface area (Å²) in [6.45, 7) is 1.93. The lowest BCUT2D eigenvalue weighted by Gasteiger charge is -1.90. The second-order valence-corrected chi connectivity index (χ2v) is 6.30. The first-order valence-electron chi connectivity index (χ1n) is 4.47. The molecule has 0 bridgehead atoms. The molecule has 2 aromatic rings. The van der Waals surface area contributed by atoms with Gasteiger partial charge < -0.3 is 0 Å². The molecule has 0 aliphatic carbocycles. The molecule has 2 heterocycles. The lowest BCUT2D eigenvalue weighted by Crippen LogP contribution is -1.80. The average Bonchev–Trinajstić information content (AvgIpc) is 2.84. The Morgan fingerprint density at radius 1 is 1.50 bits per heavy atom. The van der Waals surface area contributed by atoms with Gasteiger partial charge in [-0.2, -0.15) is 5.26 Å². The fraction of sp³-hybridized carbons (Fsp3) is 0.0909. The van der Waals surface area contributed by atoms with Crippen molar-refractivity contribution >= 4 is 50.3 Å². The summed E-state index contributed by atoms with van der Waals surface area (Å²) in [5.74, 6) is 0. The third-order valence-corrected chi connectivity index (χ3v) is 4.38. The molecule has 0 saturated heterocycles. The van der Waals surface area contributed by atoms with Crippen LogP contribution < -0.4 is 0 Å². The molecular formula is C11H7BrN2S2. The van der Waals surface area contributed by atoms with Crippen LogP contribution in [0.3, 0.4) is 0 Å². The van der Waals surface area contributed by atoms with Gasteiger partial charge in [0.15, 0.2) is 0 Å². The summed E-state index contributed by atoms with van der Waals surface area (Å²) in [5.41, 5.74) is 2.59. The molecule has 0 aliphatic heterocycles. The topological polar surface area (TPSA) is 36.7 Å². The number of hydrogen-bond donors (Lipinski definition) is 0. The minimum Gasteiger partial charge on any atom is -0.241 e. The summed E-state index contributed by atoms with van der Waals surface area (Å²) in [6.07, 6.45) is 1.86. The van der Waals surface area contributed by atoms with Gasteiger partial charge in [-0.15, -0.1) is 22.7 Å². The maximum atomic E-state index is 9.10. The Morgan fingerprint density at radius 3 is 2.81 bits per heavy atom. The molecule has 0 spiro atoms. The molecule has 16 heavy (non-hydrogen) atoms. The Morgan fingerprint density at radius 2 is 2.31 bits per heavy atom. The van der Waals surface area contributed by atoms with Gasteiger partial charge in [0.25, 0.3) is 0 Å². The molecule has 0 amide bonds. The molecular weight excluding hydrogens is 304 g/mol. The monoisotopic (exact) mass is 310 g/mol. The zero-order chi connectivity index (χ0) is 11.5. The van der Waals surface area contributed by atoms with E-state index in [0.717, 1.165) is 20.1 Å². The fourth-order valence-electron chi connectivity index (χ4n) is 1.19. The van der Waals surface area contributed by atoms with E-state index in [1.807, 2.05) is 29.8 Å². The van der Waals surface area contributed by atoms with Gasteiger partial charge in [0.2, 0.25) is 0 Å². The average molecular weight is 311 g/mol. The molecule has 0 saturated carbocycles. The summed E-state index contributed by atoms with van der Waals surface area (Å²) in [7, 11) is 0. The quantitative estimate of drug-likeness (QED) is 0.774. The highest BCUT2D eigenvalue weighted by molar-refractivity contribution is 9.11. The highest BCUT2D eigenvalue weighted by Gasteiger charge is 2.06. The van der Waals surface area contributed by atoms with E-state index in [2.05, 4.69) is 27.0 Å². The van der Waals surface area contributed by atoms with Crippen LogP contribution in [0.25, 0.3) is 11.6 Å². The number of allylic oxidation sites excluding steroid dienone is 1. The van der Waals surface area contributed by atoms with Crippen LogP contribution >= 0.6 is 38.6 Å². The zero-order valence-electron chi connectivity index (χ0n) is 8.40.